The van der Waals surface area contributed by atoms with Gasteiger partial charge in [-0.15, -0.1) is 0 Å². The average Bonchev–Trinajstić information content (AvgIpc) is 2.61. The Morgan fingerprint density at radius 1 is 1.50 bits per heavy atom. The number of nitrogens with zero attached hydrogens (tertiary/aromatic N) is 1. The molecule has 2 atom stereocenters. The Labute approximate surface area is 104 Å². The summed E-state index contributed by atoms with van der Waals surface area (Å²) in [6.07, 6.45) is 0.326. The van der Waals surface area contributed by atoms with Crippen molar-refractivity contribution in [1.82, 2.24) is 10.2 Å². The minimum absolute atomic E-state index is 0.0379. The second-order valence-electron chi connectivity index (χ2n) is 5.16. The van der Waals surface area contributed by atoms with Gasteiger partial charge in [-0.1, -0.05) is 0 Å². The van der Waals surface area contributed by atoms with Gasteiger partial charge in [0.2, 0.25) is 0 Å². The molecule has 5 nitrogen and oxygen atoms in total. The number of urea groups is 1. The van der Waals surface area contributed by atoms with Crippen LogP contribution in [0.3, 0.4) is 0 Å². The van der Waals surface area contributed by atoms with Crippen molar-refractivity contribution in [2.24, 2.45) is 5.41 Å². The lowest BCUT2D eigenvalue weighted by molar-refractivity contribution is -0.147. The summed E-state index contributed by atoms with van der Waals surface area (Å²) in [5.74, 6) is -3.99. The van der Waals surface area contributed by atoms with Crippen LogP contribution < -0.4 is 5.32 Å². The summed E-state index contributed by atoms with van der Waals surface area (Å²) in [5, 5.41) is 11.2. The maximum absolute atomic E-state index is 12.9. The third-order valence-electron chi connectivity index (χ3n) is 3.38. The zero-order valence-corrected chi connectivity index (χ0v) is 10.7. The fourth-order valence-electron chi connectivity index (χ4n) is 1.71. The fourth-order valence-corrected chi connectivity index (χ4v) is 1.71. The van der Waals surface area contributed by atoms with Crippen molar-refractivity contribution in [3.63, 3.8) is 0 Å². The molecular formula is C11H18F2N2O3. The molecule has 0 bridgehead atoms. The molecule has 2 amide bonds. The number of amides is 2. The van der Waals surface area contributed by atoms with Gasteiger partial charge in [0.1, 0.15) is 0 Å². The number of rotatable bonds is 3. The fraction of sp³-hybridized carbons (Fsp3) is 0.818. The number of carbonyl (C=O) groups excluding carboxylic acids is 1. The van der Waals surface area contributed by atoms with Crippen molar-refractivity contribution in [3.05, 3.63) is 0 Å². The van der Waals surface area contributed by atoms with E-state index in [4.69, 9.17) is 5.11 Å². The number of carbonyl (C=O) groups is 2. The molecule has 2 N–H and O–H groups in total. The van der Waals surface area contributed by atoms with E-state index < -0.39 is 29.4 Å². The first-order valence-corrected chi connectivity index (χ1v) is 5.73. The van der Waals surface area contributed by atoms with Gasteiger partial charge in [0.15, 0.2) is 0 Å². The molecule has 1 aliphatic heterocycles. The number of nitrogens with one attached hydrogen (secondary N) is 1. The number of likely N-dealkylation sites (tertiary alicyclic amines) is 1. The van der Waals surface area contributed by atoms with Gasteiger partial charge < -0.3 is 15.3 Å². The Balaban J connectivity index is 2.59. The molecule has 0 aromatic heterocycles. The second-order valence-corrected chi connectivity index (χ2v) is 5.16. The molecule has 0 aromatic carbocycles. The Hall–Kier alpha value is -1.40. The van der Waals surface area contributed by atoms with Crippen LogP contribution in [-0.4, -0.2) is 47.1 Å². The number of carboxylic acids is 1. The van der Waals surface area contributed by atoms with Crippen LogP contribution in [0.25, 0.3) is 0 Å². The monoisotopic (exact) mass is 264 g/mol. The van der Waals surface area contributed by atoms with Crippen molar-refractivity contribution < 1.29 is 23.5 Å². The quantitative estimate of drug-likeness (QED) is 0.812. The van der Waals surface area contributed by atoms with Crippen molar-refractivity contribution >= 4 is 12.0 Å². The van der Waals surface area contributed by atoms with Crippen molar-refractivity contribution in [2.75, 3.05) is 13.1 Å². The lowest BCUT2D eigenvalue weighted by atomic mass is 9.90. The Bertz CT molecular complexity index is 357. The normalized spacial score (nSPS) is 25.9. The Kier molecular flexibility index (Phi) is 3.83. The molecule has 0 aromatic rings. The van der Waals surface area contributed by atoms with Crippen LogP contribution >= 0.6 is 0 Å². The number of carboxylic acid groups (broad SMARTS) is 1. The molecule has 18 heavy (non-hydrogen) atoms. The van der Waals surface area contributed by atoms with Crippen molar-refractivity contribution in [3.8, 4) is 0 Å². The molecule has 1 rings (SSSR count). The minimum Gasteiger partial charge on any atom is -0.481 e. The standard InChI is InChI=1S/C11H18F2N2O3/c1-7(11(3,12)13)14-9(18)15-5-4-10(2,6-15)8(16)17/h7H,4-6H2,1-3H3,(H,14,18)(H,16,17). The molecule has 2 unspecified atom stereocenters. The van der Waals surface area contributed by atoms with Crippen LogP contribution in [0.5, 0.6) is 0 Å². The summed E-state index contributed by atoms with van der Waals surface area (Å²) in [6.45, 7) is 3.78. The molecule has 1 aliphatic rings. The number of aliphatic carboxylic acids is 1. The van der Waals surface area contributed by atoms with E-state index in [0.29, 0.717) is 6.42 Å². The summed E-state index contributed by atoms with van der Waals surface area (Å²) in [4.78, 5) is 24.0. The van der Waals surface area contributed by atoms with E-state index in [9.17, 15) is 18.4 Å². The lowest BCUT2D eigenvalue weighted by Gasteiger charge is -2.25. The molecule has 1 saturated heterocycles. The van der Waals surface area contributed by atoms with Crippen LogP contribution in [0.1, 0.15) is 27.2 Å². The highest BCUT2D eigenvalue weighted by Gasteiger charge is 2.43. The topological polar surface area (TPSA) is 69.6 Å². The molecular weight excluding hydrogens is 246 g/mol. The molecule has 1 fully saturated rings. The molecule has 7 heteroatoms. The molecule has 0 aliphatic carbocycles. The zero-order chi connectivity index (χ0) is 14.1. The Morgan fingerprint density at radius 2 is 2.06 bits per heavy atom. The maximum atomic E-state index is 12.9. The van der Waals surface area contributed by atoms with Crippen molar-refractivity contribution in [2.45, 2.75) is 39.2 Å². The second kappa shape index (κ2) is 4.70. The van der Waals surface area contributed by atoms with Gasteiger partial charge in [0.05, 0.1) is 11.5 Å². The van der Waals surface area contributed by atoms with Crippen LogP contribution in [0.2, 0.25) is 0 Å². The van der Waals surface area contributed by atoms with E-state index in [0.717, 1.165) is 6.92 Å². The van der Waals surface area contributed by atoms with Crippen LogP contribution in [0, 0.1) is 5.41 Å². The van der Waals surface area contributed by atoms with Gasteiger partial charge in [-0.05, 0) is 20.3 Å². The third kappa shape index (κ3) is 3.08. The van der Waals surface area contributed by atoms with Crippen molar-refractivity contribution in [1.29, 1.82) is 0 Å². The summed E-state index contributed by atoms with van der Waals surface area (Å²) in [7, 11) is 0. The van der Waals surface area contributed by atoms with Gasteiger partial charge >= 0.3 is 12.0 Å². The molecule has 0 saturated carbocycles. The summed E-state index contributed by atoms with van der Waals surface area (Å²) in [5.41, 5.74) is -0.991. The molecule has 1 heterocycles. The van der Waals surface area contributed by atoms with Crippen LogP contribution in [0.4, 0.5) is 13.6 Å². The number of halogens is 2. The predicted molar refractivity (Wildman–Crippen MR) is 60.5 cm³/mol. The first-order chi connectivity index (χ1) is 8.06. The summed E-state index contributed by atoms with van der Waals surface area (Å²) in [6, 6.07) is -1.93. The van der Waals surface area contributed by atoms with E-state index in [-0.39, 0.29) is 13.1 Å². The number of hydrogen-bond donors (Lipinski definition) is 2. The smallest absolute Gasteiger partial charge is 0.317 e. The van der Waals surface area contributed by atoms with E-state index in [1.807, 2.05) is 0 Å². The van der Waals surface area contributed by atoms with Gasteiger partial charge in [0.25, 0.3) is 5.92 Å². The summed E-state index contributed by atoms with van der Waals surface area (Å²) >= 11 is 0. The first kappa shape index (κ1) is 14.7. The van der Waals surface area contributed by atoms with E-state index in [1.165, 1.54) is 11.8 Å². The lowest BCUT2D eigenvalue weighted by Crippen LogP contribution is -2.49. The maximum Gasteiger partial charge on any atom is 0.317 e. The third-order valence-corrected chi connectivity index (χ3v) is 3.38. The van der Waals surface area contributed by atoms with E-state index in [1.54, 1.807) is 6.92 Å². The number of hydrogen-bond acceptors (Lipinski definition) is 2. The molecule has 104 valence electrons. The highest BCUT2D eigenvalue weighted by Crippen LogP contribution is 2.30. The largest absolute Gasteiger partial charge is 0.481 e. The van der Waals surface area contributed by atoms with Gasteiger partial charge in [-0.25, -0.2) is 13.6 Å². The summed E-state index contributed by atoms with van der Waals surface area (Å²) < 4.78 is 25.8. The van der Waals surface area contributed by atoms with Crippen LogP contribution in [0.15, 0.2) is 0 Å². The van der Waals surface area contributed by atoms with Gasteiger partial charge in [0, 0.05) is 20.0 Å². The first-order valence-electron chi connectivity index (χ1n) is 5.73. The minimum atomic E-state index is -3.01. The van der Waals surface area contributed by atoms with Gasteiger partial charge in [-0.2, -0.15) is 0 Å². The number of alkyl halides is 2. The SMILES string of the molecule is CC(NC(=O)N1CCC(C)(C(=O)O)C1)C(C)(F)F. The molecule has 0 radical (unpaired) electrons. The van der Waals surface area contributed by atoms with Gasteiger partial charge in [-0.3, -0.25) is 4.79 Å². The highest BCUT2D eigenvalue weighted by molar-refractivity contribution is 5.79. The van der Waals surface area contributed by atoms with E-state index >= 15 is 0 Å². The molecule has 0 spiro atoms. The van der Waals surface area contributed by atoms with Crippen LogP contribution in [-0.2, 0) is 4.79 Å². The predicted octanol–water partition coefficient (Wildman–Crippen LogP) is 1.54. The zero-order valence-electron chi connectivity index (χ0n) is 10.7. The Morgan fingerprint density at radius 3 is 2.44 bits per heavy atom. The highest BCUT2D eigenvalue weighted by atomic mass is 19.3. The average molecular weight is 264 g/mol. The van der Waals surface area contributed by atoms with E-state index in [2.05, 4.69) is 5.32 Å².